The quantitative estimate of drug-likeness (QED) is 0.422. The Bertz CT molecular complexity index is 393. The zero-order valence-corrected chi connectivity index (χ0v) is 11.8. The smallest absolute Gasteiger partial charge is 0.266 e. The maximum Gasteiger partial charge on any atom is 0.266 e. The van der Waals surface area contributed by atoms with Gasteiger partial charge in [-0.3, -0.25) is 5.32 Å². The maximum atomic E-state index is 11.2. The van der Waals surface area contributed by atoms with Crippen LogP contribution in [-0.4, -0.2) is 59.1 Å². The first kappa shape index (κ1) is 16.8. The van der Waals surface area contributed by atoms with E-state index in [-0.39, 0.29) is 0 Å². The molecule has 0 fully saturated rings. The number of hydrogen-bond acceptors (Lipinski definition) is 7. The van der Waals surface area contributed by atoms with Gasteiger partial charge in [0.1, 0.15) is 0 Å². The van der Waals surface area contributed by atoms with Gasteiger partial charge in [0.2, 0.25) is 0 Å². The number of aliphatic hydroxyl groups is 1. The van der Waals surface area contributed by atoms with Crippen LogP contribution in [0.15, 0.2) is 0 Å². The van der Waals surface area contributed by atoms with E-state index >= 15 is 0 Å². The summed E-state index contributed by atoms with van der Waals surface area (Å²) < 4.78 is 49.3. The molecule has 0 aromatic rings. The zero-order valence-electron chi connectivity index (χ0n) is 10.1. The Hall–Kier alpha value is -0.220. The summed E-state index contributed by atoms with van der Waals surface area (Å²) in [4.78, 5) is 0. The molecule has 1 unspecified atom stereocenters. The molecule has 9 heteroatoms. The molecule has 0 aromatic carbocycles. The molecule has 2 N–H and O–H groups in total. The molecule has 0 heterocycles. The molecule has 0 saturated carbocycles. The van der Waals surface area contributed by atoms with Crippen LogP contribution < -0.4 is 5.32 Å². The summed E-state index contributed by atoms with van der Waals surface area (Å²) in [5, 5.41) is 11.8. The Morgan fingerprint density at radius 2 is 1.76 bits per heavy atom. The van der Waals surface area contributed by atoms with Gasteiger partial charge in [0, 0.05) is 6.26 Å². The predicted molar refractivity (Wildman–Crippen MR) is 63.8 cm³/mol. The molecule has 1 atom stereocenters. The number of sulfone groups is 1. The van der Waals surface area contributed by atoms with E-state index in [2.05, 4.69) is 9.50 Å². The fourth-order valence-corrected chi connectivity index (χ4v) is 3.22. The van der Waals surface area contributed by atoms with E-state index in [1.807, 2.05) is 6.92 Å². The van der Waals surface area contributed by atoms with Crippen molar-refractivity contribution >= 4 is 20.0 Å². The van der Waals surface area contributed by atoms with E-state index in [1.54, 1.807) is 0 Å². The summed E-state index contributed by atoms with van der Waals surface area (Å²) in [6, 6.07) is 0. The van der Waals surface area contributed by atoms with Crippen molar-refractivity contribution in [2.24, 2.45) is 0 Å². The molecule has 0 spiro atoms. The summed E-state index contributed by atoms with van der Waals surface area (Å²) in [7, 11) is -7.39. The number of rotatable bonds is 8. The second-order valence-electron chi connectivity index (χ2n) is 3.94. The van der Waals surface area contributed by atoms with Gasteiger partial charge in [-0.1, -0.05) is 6.92 Å². The molecule has 0 rings (SSSR count). The highest BCUT2D eigenvalue weighted by molar-refractivity contribution is 7.90. The van der Waals surface area contributed by atoms with Crippen molar-refractivity contribution in [3.63, 3.8) is 0 Å². The molecule has 17 heavy (non-hydrogen) atoms. The number of hydrogen-bond donors (Lipinski definition) is 2. The molecule has 0 aliphatic rings. The van der Waals surface area contributed by atoms with E-state index in [9.17, 15) is 21.9 Å². The summed E-state index contributed by atoms with van der Waals surface area (Å²) in [6.07, 6.45) is 2.38. The third kappa shape index (κ3) is 7.66. The lowest BCUT2D eigenvalue weighted by Gasteiger charge is -2.30. The van der Waals surface area contributed by atoms with Crippen LogP contribution in [-0.2, 0) is 24.1 Å². The van der Waals surface area contributed by atoms with Gasteiger partial charge in [-0.2, -0.15) is 8.42 Å². The van der Waals surface area contributed by atoms with Crippen LogP contribution in [0.25, 0.3) is 0 Å². The van der Waals surface area contributed by atoms with Crippen LogP contribution >= 0.6 is 0 Å². The molecule has 0 radical (unpaired) electrons. The first-order chi connectivity index (χ1) is 7.54. The summed E-state index contributed by atoms with van der Waals surface area (Å²) in [5.74, 6) is -0.621. The largest absolute Gasteiger partial charge is 0.392 e. The molecule has 0 bridgehead atoms. The third-order valence-corrected chi connectivity index (χ3v) is 3.37. The summed E-state index contributed by atoms with van der Waals surface area (Å²) in [5.41, 5.74) is -1.81. The molecule has 0 saturated heterocycles. The summed E-state index contributed by atoms with van der Waals surface area (Å²) in [6.45, 7) is 1.38. The van der Waals surface area contributed by atoms with Crippen molar-refractivity contribution in [3.05, 3.63) is 0 Å². The topological polar surface area (TPSA) is 110 Å². The van der Waals surface area contributed by atoms with E-state index in [0.29, 0.717) is 13.0 Å². The molecule has 0 aliphatic heterocycles. The highest BCUT2D eigenvalue weighted by Gasteiger charge is 2.37. The molecular weight excluding hydrogens is 270 g/mol. The number of aliphatic hydroxyl groups excluding tert-OH is 1. The first-order valence-electron chi connectivity index (χ1n) is 4.98. The highest BCUT2D eigenvalue weighted by Crippen LogP contribution is 2.13. The monoisotopic (exact) mass is 289 g/mol. The fourth-order valence-electron chi connectivity index (χ4n) is 1.30. The lowest BCUT2D eigenvalue weighted by Crippen LogP contribution is -2.56. The molecular formula is C8H19NO6S2. The van der Waals surface area contributed by atoms with Gasteiger partial charge in [-0.15, -0.1) is 0 Å². The van der Waals surface area contributed by atoms with Crippen LogP contribution in [0.2, 0.25) is 0 Å². The van der Waals surface area contributed by atoms with Crippen molar-refractivity contribution in [1.82, 2.24) is 5.32 Å². The van der Waals surface area contributed by atoms with Crippen molar-refractivity contribution in [3.8, 4) is 0 Å². The first-order valence-corrected chi connectivity index (χ1v) is 8.85. The van der Waals surface area contributed by atoms with Gasteiger partial charge in [-0.05, 0) is 13.0 Å². The van der Waals surface area contributed by atoms with Crippen molar-refractivity contribution in [2.75, 3.05) is 31.4 Å². The average Bonchev–Trinajstić information content (AvgIpc) is 2.09. The van der Waals surface area contributed by atoms with Crippen LogP contribution in [0.5, 0.6) is 0 Å². The van der Waals surface area contributed by atoms with Gasteiger partial charge in [0.25, 0.3) is 10.1 Å². The predicted octanol–water partition coefficient (Wildman–Crippen LogP) is -1.30. The van der Waals surface area contributed by atoms with Crippen molar-refractivity contribution in [2.45, 2.75) is 19.1 Å². The molecule has 0 aliphatic carbocycles. The van der Waals surface area contributed by atoms with Gasteiger partial charge in [0.05, 0.1) is 18.6 Å². The van der Waals surface area contributed by atoms with E-state index in [4.69, 9.17) is 0 Å². The SMILES string of the molecule is CCCNC(CO)(CS(C)(=O)=O)OS(C)(=O)=O. The van der Waals surface area contributed by atoms with Gasteiger partial charge < -0.3 is 5.11 Å². The lowest BCUT2D eigenvalue weighted by molar-refractivity contribution is 0.00568. The Morgan fingerprint density at radius 3 is 2.06 bits per heavy atom. The van der Waals surface area contributed by atoms with E-state index in [0.717, 1.165) is 12.5 Å². The van der Waals surface area contributed by atoms with Crippen LogP contribution in [0.4, 0.5) is 0 Å². The second kappa shape index (κ2) is 6.10. The maximum absolute atomic E-state index is 11.2. The van der Waals surface area contributed by atoms with Gasteiger partial charge in [-0.25, -0.2) is 12.6 Å². The summed E-state index contributed by atoms with van der Waals surface area (Å²) >= 11 is 0. The van der Waals surface area contributed by atoms with Crippen LogP contribution in [0.1, 0.15) is 13.3 Å². The Morgan fingerprint density at radius 1 is 1.24 bits per heavy atom. The van der Waals surface area contributed by atoms with Gasteiger partial charge >= 0.3 is 0 Å². The minimum Gasteiger partial charge on any atom is -0.392 e. The molecule has 0 aromatic heterocycles. The molecule has 0 amide bonds. The standard InChI is InChI=1S/C8H19NO6S2/c1-4-5-9-8(6-10,7-16(2,11)12)15-17(3,13)14/h9-10H,4-7H2,1-3H3. The minimum atomic E-state index is -3.88. The average molecular weight is 289 g/mol. The van der Waals surface area contributed by atoms with Crippen LogP contribution in [0.3, 0.4) is 0 Å². The molecule has 7 nitrogen and oxygen atoms in total. The minimum absolute atomic E-state index is 0.325. The van der Waals surface area contributed by atoms with Gasteiger partial charge in [0.15, 0.2) is 15.6 Å². The Balaban J connectivity index is 5.14. The Labute approximate surface area is 102 Å². The Kier molecular flexibility index (Phi) is 6.02. The van der Waals surface area contributed by atoms with E-state index in [1.165, 1.54) is 0 Å². The fraction of sp³-hybridized carbons (Fsp3) is 1.00. The van der Waals surface area contributed by atoms with Crippen molar-refractivity contribution < 1.29 is 26.1 Å². The molecule has 104 valence electrons. The number of nitrogens with one attached hydrogen (secondary N) is 1. The highest BCUT2D eigenvalue weighted by atomic mass is 32.2. The van der Waals surface area contributed by atoms with Crippen molar-refractivity contribution in [1.29, 1.82) is 0 Å². The lowest BCUT2D eigenvalue weighted by atomic mass is 10.3. The van der Waals surface area contributed by atoms with Crippen LogP contribution in [0, 0.1) is 0 Å². The zero-order chi connectivity index (χ0) is 13.7. The third-order valence-electron chi connectivity index (χ3n) is 1.76. The normalized spacial score (nSPS) is 16.7. The second-order valence-corrected chi connectivity index (χ2v) is 7.65. The van der Waals surface area contributed by atoms with E-state index < -0.39 is 38.0 Å².